The van der Waals surface area contributed by atoms with Crippen LogP contribution < -0.4 is 5.32 Å². The molecule has 0 aliphatic carbocycles. The zero-order chi connectivity index (χ0) is 20.8. The van der Waals surface area contributed by atoms with Crippen molar-refractivity contribution in [3.05, 3.63) is 53.7 Å². The van der Waals surface area contributed by atoms with Crippen LogP contribution in [0.1, 0.15) is 24.1 Å². The van der Waals surface area contributed by atoms with Crippen LogP contribution in [-0.2, 0) is 16.7 Å². The summed E-state index contributed by atoms with van der Waals surface area (Å²) < 4.78 is 24.0. The summed E-state index contributed by atoms with van der Waals surface area (Å²) in [5, 5.41) is 7.61. The van der Waals surface area contributed by atoms with E-state index in [1.165, 1.54) is 0 Å². The van der Waals surface area contributed by atoms with Crippen LogP contribution in [0.15, 0.2) is 46.1 Å². The normalized spacial score (nSPS) is 20.3. The smallest absolute Gasteiger partial charge is 0.193 e. The number of aliphatic imine (C=N–C) groups is 1. The highest BCUT2D eigenvalue weighted by atomic mass is 19.1. The number of hydrogen-bond acceptors (Lipinski definition) is 5. The zero-order valence-electron chi connectivity index (χ0n) is 17.5. The summed E-state index contributed by atoms with van der Waals surface area (Å²) >= 11 is 0. The number of piperazine rings is 1. The second-order valence-corrected chi connectivity index (χ2v) is 8.05. The van der Waals surface area contributed by atoms with Crippen molar-refractivity contribution in [3.63, 3.8) is 0 Å². The van der Waals surface area contributed by atoms with Crippen molar-refractivity contribution < 1.29 is 13.7 Å². The van der Waals surface area contributed by atoms with Gasteiger partial charge in [0.1, 0.15) is 12.1 Å². The second kappa shape index (κ2) is 9.57. The molecular weight excluding hydrogens is 385 g/mol. The number of rotatable bonds is 5. The van der Waals surface area contributed by atoms with E-state index in [9.17, 15) is 4.39 Å². The third kappa shape index (κ3) is 4.82. The Balaban J connectivity index is 1.36. The molecule has 1 aromatic carbocycles. The molecule has 2 aliphatic heterocycles. The lowest BCUT2D eigenvalue weighted by Gasteiger charge is -2.40. The first kappa shape index (κ1) is 20.8. The number of guanidine groups is 1. The Morgan fingerprint density at radius 1 is 1.13 bits per heavy atom. The van der Waals surface area contributed by atoms with Gasteiger partial charge in [-0.1, -0.05) is 17.3 Å². The van der Waals surface area contributed by atoms with Gasteiger partial charge in [0.2, 0.25) is 0 Å². The van der Waals surface area contributed by atoms with Gasteiger partial charge in [0.15, 0.2) is 5.96 Å². The van der Waals surface area contributed by atoms with Crippen LogP contribution in [0.5, 0.6) is 0 Å². The van der Waals surface area contributed by atoms with E-state index < -0.39 is 0 Å². The molecule has 4 rings (SSSR count). The molecule has 0 bridgehead atoms. The van der Waals surface area contributed by atoms with Gasteiger partial charge >= 0.3 is 0 Å². The van der Waals surface area contributed by atoms with Gasteiger partial charge in [-0.15, -0.1) is 0 Å². The first-order valence-corrected chi connectivity index (χ1v) is 10.6. The highest BCUT2D eigenvalue weighted by Crippen LogP contribution is 2.34. The molecule has 0 spiro atoms. The van der Waals surface area contributed by atoms with Crippen molar-refractivity contribution in [2.45, 2.75) is 24.8 Å². The van der Waals surface area contributed by atoms with E-state index in [1.807, 2.05) is 25.2 Å². The molecule has 0 amide bonds. The minimum atomic E-state index is -0.201. The van der Waals surface area contributed by atoms with E-state index in [-0.39, 0.29) is 11.2 Å². The Morgan fingerprint density at radius 2 is 1.87 bits per heavy atom. The standard InChI is InChI=1S/C22H30FN5O2/c1-24-21(28-11-9-27(10-12-28)16-20-6-13-30-26-20)25-17-22(7-14-29-15-8-22)18-2-4-19(23)5-3-18/h2-6,13H,7-12,14-17H2,1H3,(H,24,25). The summed E-state index contributed by atoms with van der Waals surface area (Å²) in [4.78, 5) is 9.21. The average Bonchev–Trinajstić information content (AvgIpc) is 3.29. The number of nitrogens with one attached hydrogen (secondary N) is 1. The molecule has 7 nitrogen and oxygen atoms in total. The maximum absolute atomic E-state index is 13.5. The summed E-state index contributed by atoms with van der Waals surface area (Å²) in [6.07, 6.45) is 3.44. The maximum atomic E-state index is 13.5. The van der Waals surface area contributed by atoms with Crippen LogP contribution in [-0.4, -0.2) is 73.9 Å². The lowest BCUT2D eigenvalue weighted by atomic mass is 9.74. The quantitative estimate of drug-likeness (QED) is 0.597. The first-order chi connectivity index (χ1) is 14.7. The molecule has 8 heteroatoms. The van der Waals surface area contributed by atoms with Crippen molar-refractivity contribution >= 4 is 5.96 Å². The summed E-state index contributed by atoms with van der Waals surface area (Å²) in [7, 11) is 1.83. The second-order valence-electron chi connectivity index (χ2n) is 8.05. The molecular formula is C22H30FN5O2. The highest BCUT2D eigenvalue weighted by Gasteiger charge is 2.35. The van der Waals surface area contributed by atoms with Gasteiger partial charge in [-0.25, -0.2) is 4.39 Å². The van der Waals surface area contributed by atoms with E-state index in [4.69, 9.17) is 9.26 Å². The highest BCUT2D eigenvalue weighted by molar-refractivity contribution is 5.80. The Kier molecular flexibility index (Phi) is 6.64. The van der Waals surface area contributed by atoms with E-state index in [0.29, 0.717) is 0 Å². The predicted octanol–water partition coefficient (Wildman–Crippen LogP) is 2.26. The van der Waals surface area contributed by atoms with Crippen molar-refractivity contribution in [1.82, 2.24) is 20.3 Å². The first-order valence-electron chi connectivity index (χ1n) is 10.6. The molecule has 3 heterocycles. The number of hydrogen-bond donors (Lipinski definition) is 1. The molecule has 1 N–H and O–H groups in total. The lowest BCUT2D eigenvalue weighted by molar-refractivity contribution is 0.0510. The maximum Gasteiger partial charge on any atom is 0.193 e. The lowest BCUT2D eigenvalue weighted by Crippen LogP contribution is -2.54. The predicted molar refractivity (Wildman–Crippen MR) is 113 cm³/mol. The van der Waals surface area contributed by atoms with Gasteiger partial charge in [0.25, 0.3) is 0 Å². The molecule has 2 aromatic rings. The molecule has 2 fully saturated rings. The summed E-state index contributed by atoms with van der Waals surface area (Å²) in [6, 6.07) is 8.84. The summed E-state index contributed by atoms with van der Waals surface area (Å²) in [5.74, 6) is 0.720. The molecule has 2 aliphatic rings. The van der Waals surface area contributed by atoms with E-state index in [1.54, 1.807) is 18.4 Å². The van der Waals surface area contributed by atoms with Crippen molar-refractivity contribution in [2.24, 2.45) is 4.99 Å². The number of nitrogens with zero attached hydrogens (tertiary/aromatic N) is 4. The Hall–Kier alpha value is -2.45. The monoisotopic (exact) mass is 415 g/mol. The molecule has 1 aromatic heterocycles. The molecule has 0 atom stereocenters. The molecule has 30 heavy (non-hydrogen) atoms. The zero-order valence-corrected chi connectivity index (χ0v) is 17.5. The Morgan fingerprint density at radius 3 is 2.50 bits per heavy atom. The van der Waals surface area contributed by atoms with Crippen molar-refractivity contribution in [3.8, 4) is 0 Å². The van der Waals surface area contributed by atoms with Gasteiger partial charge in [0.05, 0.1) is 5.69 Å². The number of aromatic nitrogens is 1. The summed E-state index contributed by atoms with van der Waals surface area (Å²) in [6.45, 7) is 6.72. The molecule has 2 saturated heterocycles. The fourth-order valence-corrected chi connectivity index (χ4v) is 4.38. The summed E-state index contributed by atoms with van der Waals surface area (Å²) in [5.41, 5.74) is 2.05. The number of halogens is 1. The molecule has 0 unspecified atom stereocenters. The van der Waals surface area contributed by atoms with Crippen LogP contribution in [0.2, 0.25) is 0 Å². The van der Waals surface area contributed by atoms with Crippen LogP contribution in [0.4, 0.5) is 4.39 Å². The van der Waals surface area contributed by atoms with Gasteiger partial charge in [-0.2, -0.15) is 0 Å². The van der Waals surface area contributed by atoms with Crippen LogP contribution in [0.25, 0.3) is 0 Å². The van der Waals surface area contributed by atoms with Crippen LogP contribution >= 0.6 is 0 Å². The van der Waals surface area contributed by atoms with Crippen LogP contribution in [0.3, 0.4) is 0 Å². The fourth-order valence-electron chi connectivity index (χ4n) is 4.38. The van der Waals surface area contributed by atoms with Gasteiger partial charge in [0, 0.05) is 71.0 Å². The fraction of sp³-hybridized carbons (Fsp3) is 0.545. The van der Waals surface area contributed by atoms with E-state index >= 15 is 0 Å². The third-order valence-corrected chi connectivity index (χ3v) is 6.25. The minimum Gasteiger partial charge on any atom is -0.381 e. The topological polar surface area (TPSA) is 66.1 Å². The van der Waals surface area contributed by atoms with Gasteiger partial charge < -0.3 is 19.5 Å². The van der Waals surface area contributed by atoms with Crippen molar-refractivity contribution in [2.75, 3.05) is 53.0 Å². The molecule has 0 radical (unpaired) electrons. The van der Waals surface area contributed by atoms with E-state index in [0.717, 1.165) is 82.5 Å². The Labute approximate surface area is 176 Å². The van der Waals surface area contributed by atoms with Crippen molar-refractivity contribution in [1.29, 1.82) is 0 Å². The number of ether oxygens (including phenoxy) is 1. The minimum absolute atomic E-state index is 0.0728. The Bertz CT molecular complexity index is 811. The average molecular weight is 416 g/mol. The van der Waals surface area contributed by atoms with E-state index in [2.05, 4.69) is 25.3 Å². The van der Waals surface area contributed by atoms with Gasteiger partial charge in [-0.05, 0) is 30.5 Å². The van der Waals surface area contributed by atoms with Gasteiger partial charge in [-0.3, -0.25) is 9.89 Å². The molecule has 162 valence electrons. The largest absolute Gasteiger partial charge is 0.381 e. The third-order valence-electron chi connectivity index (χ3n) is 6.25. The number of benzene rings is 1. The molecule has 0 saturated carbocycles. The SMILES string of the molecule is CN=C(NCC1(c2ccc(F)cc2)CCOCC1)N1CCN(Cc2ccon2)CC1. The van der Waals surface area contributed by atoms with Crippen LogP contribution in [0, 0.1) is 5.82 Å².